The molecule has 0 atom stereocenters. The van der Waals surface area contributed by atoms with Crippen molar-refractivity contribution in [2.45, 2.75) is 0 Å². The second-order valence-electron chi connectivity index (χ2n) is 6.48. The summed E-state index contributed by atoms with van der Waals surface area (Å²) in [4.78, 5) is 17.1. The van der Waals surface area contributed by atoms with E-state index in [1.807, 2.05) is 0 Å². The van der Waals surface area contributed by atoms with Crippen molar-refractivity contribution in [2.24, 2.45) is 0 Å². The molecule has 0 saturated heterocycles. The van der Waals surface area contributed by atoms with Gasteiger partial charge in [0.25, 0.3) is 5.91 Å². The van der Waals surface area contributed by atoms with Crippen LogP contribution in [-0.2, 0) is 0 Å². The van der Waals surface area contributed by atoms with Gasteiger partial charge in [-0.05, 0) is 48.5 Å². The van der Waals surface area contributed by atoms with E-state index >= 15 is 0 Å². The minimum atomic E-state index is -0.844. The second-order valence-corrected chi connectivity index (χ2v) is 7.32. The van der Waals surface area contributed by atoms with Crippen LogP contribution >= 0.6 is 35.6 Å². The molecule has 1 heterocycles. The first-order chi connectivity index (χ1) is 14.9. The highest BCUT2D eigenvalue weighted by Gasteiger charge is 2.18. The minimum absolute atomic E-state index is 0. The first kappa shape index (κ1) is 23.5. The van der Waals surface area contributed by atoms with E-state index in [4.69, 9.17) is 23.2 Å². The van der Waals surface area contributed by atoms with Gasteiger partial charge in [-0.3, -0.25) is 20.2 Å². The minimum Gasteiger partial charge on any atom is -0.299 e. The van der Waals surface area contributed by atoms with Crippen LogP contribution in [0.2, 0.25) is 10.0 Å². The third-order valence-electron chi connectivity index (χ3n) is 4.40. The Labute approximate surface area is 198 Å². The molecule has 0 spiro atoms. The number of anilines is 1. The van der Waals surface area contributed by atoms with Gasteiger partial charge in [-0.15, -0.1) is 12.4 Å². The lowest BCUT2D eigenvalue weighted by Crippen LogP contribution is -2.30. The Bertz CT molecular complexity index is 1260. The summed E-state index contributed by atoms with van der Waals surface area (Å²) in [5, 5.41) is 1.02. The molecule has 0 aliphatic rings. The van der Waals surface area contributed by atoms with Crippen molar-refractivity contribution in [2.75, 3.05) is 5.43 Å². The number of imidazole rings is 1. The summed E-state index contributed by atoms with van der Waals surface area (Å²) >= 11 is 12.3. The van der Waals surface area contributed by atoms with Gasteiger partial charge in [-0.1, -0.05) is 35.3 Å². The number of hydrogen-bond acceptors (Lipinski definition) is 3. The zero-order valence-electron chi connectivity index (χ0n) is 16.2. The number of hydrazine groups is 1. The van der Waals surface area contributed by atoms with Gasteiger partial charge in [0.1, 0.15) is 17.3 Å². The Morgan fingerprint density at radius 1 is 0.969 bits per heavy atom. The lowest BCUT2D eigenvalue weighted by atomic mass is 10.2. The number of carbonyl (C=O) groups excluding carboxylic acids is 1. The molecule has 10 heteroatoms. The quantitative estimate of drug-likeness (QED) is 0.319. The largest absolute Gasteiger partial charge is 0.299 e. The molecule has 164 valence electrons. The van der Waals surface area contributed by atoms with Gasteiger partial charge >= 0.3 is 0 Å². The monoisotopic (exact) mass is 494 g/mol. The summed E-state index contributed by atoms with van der Waals surface area (Å²) < 4.78 is 28.5. The number of amides is 1. The van der Waals surface area contributed by atoms with Crippen molar-refractivity contribution < 1.29 is 13.6 Å². The molecule has 2 N–H and O–H groups in total. The fraction of sp³-hybridized carbons (Fsp3) is 0. The number of nitrogens with zero attached hydrogens (tertiary/aromatic N) is 2. The molecule has 4 rings (SSSR count). The number of hydrogen-bond donors (Lipinski definition) is 2. The summed E-state index contributed by atoms with van der Waals surface area (Å²) in [6.07, 6.45) is 1.53. The van der Waals surface area contributed by atoms with Gasteiger partial charge in [-0.2, -0.15) is 0 Å². The molecular weight excluding hydrogens is 481 g/mol. The predicted molar refractivity (Wildman–Crippen MR) is 124 cm³/mol. The highest BCUT2D eigenvalue weighted by Crippen LogP contribution is 2.29. The van der Waals surface area contributed by atoms with Crippen LogP contribution in [0.3, 0.4) is 0 Å². The van der Waals surface area contributed by atoms with Gasteiger partial charge in [0.2, 0.25) is 0 Å². The van der Waals surface area contributed by atoms with E-state index in [2.05, 4.69) is 15.8 Å². The van der Waals surface area contributed by atoms with Crippen LogP contribution in [0.1, 0.15) is 10.5 Å². The third kappa shape index (κ3) is 5.02. The first-order valence-electron chi connectivity index (χ1n) is 9.04. The van der Waals surface area contributed by atoms with Crippen LogP contribution in [0.25, 0.3) is 17.1 Å². The maximum Gasteiger partial charge on any atom is 0.289 e. The first-order valence-corrected chi connectivity index (χ1v) is 9.79. The Hall–Kier alpha value is -3.13. The summed E-state index contributed by atoms with van der Waals surface area (Å²) in [7, 11) is 0. The van der Waals surface area contributed by atoms with Crippen LogP contribution < -0.4 is 10.9 Å². The average Bonchev–Trinajstić information content (AvgIpc) is 3.19. The molecule has 4 aromatic rings. The fourth-order valence-corrected chi connectivity index (χ4v) is 3.25. The molecule has 0 aliphatic carbocycles. The van der Waals surface area contributed by atoms with Gasteiger partial charge in [0.05, 0.1) is 10.7 Å². The summed E-state index contributed by atoms with van der Waals surface area (Å²) in [5.41, 5.74) is 6.10. The van der Waals surface area contributed by atoms with Gasteiger partial charge in [0.15, 0.2) is 5.82 Å². The van der Waals surface area contributed by atoms with E-state index in [0.29, 0.717) is 33.2 Å². The van der Waals surface area contributed by atoms with Gasteiger partial charge in [-0.25, -0.2) is 13.8 Å². The fourth-order valence-electron chi connectivity index (χ4n) is 2.90. The average molecular weight is 496 g/mol. The van der Waals surface area contributed by atoms with Crippen LogP contribution in [0, 0.1) is 11.6 Å². The molecule has 0 aliphatic heterocycles. The number of carbonyl (C=O) groups is 1. The molecular formula is C22H15Cl3F2N4O. The highest BCUT2D eigenvalue weighted by atomic mass is 35.5. The van der Waals surface area contributed by atoms with Crippen LogP contribution in [-0.4, -0.2) is 15.5 Å². The Balaban J connectivity index is 0.00000289. The van der Waals surface area contributed by atoms with Crippen molar-refractivity contribution in [1.29, 1.82) is 0 Å². The lowest BCUT2D eigenvalue weighted by Gasteiger charge is -2.09. The van der Waals surface area contributed by atoms with E-state index < -0.39 is 17.5 Å². The molecule has 0 radical (unpaired) electrons. The smallest absolute Gasteiger partial charge is 0.289 e. The SMILES string of the molecule is Cl.O=C(NNc1ccc(F)cc1F)c1cn(-c2ccc(Cl)cc2)c(-c2ccccc2Cl)n1. The zero-order valence-corrected chi connectivity index (χ0v) is 18.5. The lowest BCUT2D eigenvalue weighted by molar-refractivity contribution is 0.0958. The Kier molecular flexibility index (Phi) is 7.35. The normalized spacial score (nSPS) is 10.4. The van der Waals surface area contributed by atoms with Crippen LogP contribution in [0.5, 0.6) is 0 Å². The maximum atomic E-state index is 13.8. The predicted octanol–water partition coefficient (Wildman–Crippen LogP) is 6.30. The van der Waals surface area contributed by atoms with Gasteiger partial charge in [0, 0.05) is 28.5 Å². The van der Waals surface area contributed by atoms with Crippen molar-refractivity contribution >= 4 is 47.2 Å². The zero-order chi connectivity index (χ0) is 22.0. The molecule has 0 fully saturated rings. The van der Waals surface area contributed by atoms with E-state index in [1.54, 1.807) is 53.1 Å². The number of aromatic nitrogens is 2. The maximum absolute atomic E-state index is 13.8. The van der Waals surface area contributed by atoms with Crippen molar-refractivity contribution in [1.82, 2.24) is 15.0 Å². The van der Waals surface area contributed by atoms with E-state index in [9.17, 15) is 13.6 Å². The summed E-state index contributed by atoms with van der Waals surface area (Å²) in [5.74, 6) is -1.75. The molecule has 0 bridgehead atoms. The number of rotatable bonds is 5. The summed E-state index contributed by atoms with van der Waals surface area (Å²) in [6, 6.07) is 17.0. The molecule has 3 aromatic carbocycles. The molecule has 5 nitrogen and oxygen atoms in total. The van der Waals surface area contributed by atoms with Crippen LogP contribution in [0.4, 0.5) is 14.5 Å². The molecule has 0 saturated carbocycles. The Morgan fingerprint density at radius 3 is 2.38 bits per heavy atom. The topological polar surface area (TPSA) is 59.0 Å². The van der Waals surface area contributed by atoms with Crippen LogP contribution in [0.15, 0.2) is 72.9 Å². The number of halogens is 5. The molecule has 1 aromatic heterocycles. The second kappa shape index (κ2) is 9.99. The molecule has 0 unspecified atom stereocenters. The van der Waals surface area contributed by atoms with Crippen molar-refractivity contribution in [3.63, 3.8) is 0 Å². The van der Waals surface area contributed by atoms with E-state index in [1.165, 1.54) is 12.3 Å². The van der Waals surface area contributed by atoms with Crippen molar-refractivity contribution in [3.8, 4) is 17.1 Å². The number of benzene rings is 3. The highest BCUT2D eigenvalue weighted by molar-refractivity contribution is 6.33. The van der Waals surface area contributed by atoms with Crippen molar-refractivity contribution in [3.05, 3.63) is 100 Å². The van der Waals surface area contributed by atoms with Gasteiger partial charge < -0.3 is 0 Å². The third-order valence-corrected chi connectivity index (χ3v) is 4.98. The molecule has 32 heavy (non-hydrogen) atoms. The van der Waals surface area contributed by atoms with E-state index in [-0.39, 0.29) is 23.8 Å². The molecule has 1 amide bonds. The Morgan fingerprint density at radius 2 is 1.69 bits per heavy atom. The standard InChI is InChI=1S/C22H14Cl2F2N4O.ClH/c23-13-5-8-15(9-6-13)30-12-20(27-21(30)16-3-1-2-4-17(16)24)22(31)29-28-19-10-7-14(25)11-18(19)26;/h1-12,28H,(H,29,31);1H. The number of nitrogens with one attached hydrogen (secondary N) is 2. The van der Waals surface area contributed by atoms with E-state index in [0.717, 1.165) is 6.07 Å². The summed E-state index contributed by atoms with van der Waals surface area (Å²) in [6.45, 7) is 0.